The van der Waals surface area contributed by atoms with Crippen molar-refractivity contribution in [3.8, 4) is 11.5 Å². The van der Waals surface area contributed by atoms with Crippen molar-refractivity contribution in [3.05, 3.63) is 34.1 Å². The van der Waals surface area contributed by atoms with Crippen LogP contribution < -0.4 is 0 Å². The Kier molecular flexibility index (Phi) is 3.45. The molecule has 0 aliphatic carbocycles. The fourth-order valence-corrected chi connectivity index (χ4v) is 2.25. The molecule has 0 atom stereocenters. The number of hydrogen-bond acceptors (Lipinski definition) is 4. The SMILES string of the molecule is Cn1c(-c2nc(Cl)ccc2Cl)nc2cc(C(F)(F)F)nnc21. The molecular formula is C12H6Cl2F3N5. The van der Waals surface area contributed by atoms with Crippen LogP contribution in [0.3, 0.4) is 0 Å². The summed E-state index contributed by atoms with van der Waals surface area (Å²) in [4.78, 5) is 8.16. The van der Waals surface area contributed by atoms with E-state index in [-0.39, 0.29) is 32.9 Å². The van der Waals surface area contributed by atoms with Crippen molar-refractivity contribution in [2.24, 2.45) is 7.05 Å². The van der Waals surface area contributed by atoms with Gasteiger partial charge in [-0.25, -0.2) is 9.97 Å². The molecule has 0 aliphatic heterocycles. The summed E-state index contributed by atoms with van der Waals surface area (Å²) in [6, 6.07) is 3.85. The van der Waals surface area contributed by atoms with Crippen molar-refractivity contribution in [3.63, 3.8) is 0 Å². The summed E-state index contributed by atoms with van der Waals surface area (Å²) in [5.74, 6) is 0.246. The second-order valence-corrected chi connectivity index (χ2v) is 5.19. The molecule has 3 aromatic heterocycles. The van der Waals surface area contributed by atoms with Crippen LogP contribution >= 0.6 is 23.2 Å². The molecule has 0 unspecified atom stereocenters. The van der Waals surface area contributed by atoms with E-state index in [1.807, 2.05) is 0 Å². The van der Waals surface area contributed by atoms with Gasteiger partial charge in [-0.1, -0.05) is 23.2 Å². The van der Waals surface area contributed by atoms with Crippen molar-refractivity contribution in [1.82, 2.24) is 24.7 Å². The first-order valence-electron chi connectivity index (χ1n) is 5.87. The van der Waals surface area contributed by atoms with Crippen LogP contribution in [-0.2, 0) is 13.2 Å². The molecule has 0 N–H and O–H groups in total. The number of aryl methyl sites for hydroxylation is 1. The number of fused-ring (bicyclic) bond motifs is 1. The first kappa shape index (κ1) is 15.0. The van der Waals surface area contributed by atoms with E-state index in [4.69, 9.17) is 23.2 Å². The van der Waals surface area contributed by atoms with Crippen LogP contribution in [0.1, 0.15) is 5.69 Å². The monoisotopic (exact) mass is 347 g/mol. The molecule has 3 heterocycles. The molecule has 22 heavy (non-hydrogen) atoms. The topological polar surface area (TPSA) is 56.5 Å². The summed E-state index contributed by atoms with van der Waals surface area (Å²) >= 11 is 11.9. The number of pyridine rings is 1. The van der Waals surface area contributed by atoms with Crippen LogP contribution in [0.15, 0.2) is 18.2 Å². The molecule has 0 amide bonds. The summed E-state index contributed by atoms with van der Waals surface area (Å²) < 4.78 is 39.5. The van der Waals surface area contributed by atoms with E-state index in [1.54, 1.807) is 7.05 Å². The van der Waals surface area contributed by atoms with Gasteiger partial charge >= 0.3 is 6.18 Å². The zero-order chi connectivity index (χ0) is 16.1. The van der Waals surface area contributed by atoms with Gasteiger partial charge in [-0.05, 0) is 12.1 Å². The summed E-state index contributed by atoms with van der Waals surface area (Å²) in [5, 5.41) is 7.20. The van der Waals surface area contributed by atoms with Crippen molar-refractivity contribution in [2.75, 3.05) is 0 Å². The zero-order valence-electron chi connectivity index (χ0n) is 10.9. The Morgan fingerprint density at radius 1 is 1.09 bits per heavy atom. The standard InChI is InChI=1S/C12H6Cl2F3N5/c1-22-10-6(4-7(20-21-10)12(15,16)17)18-11(22)9-5(13)2-3-8(14)19-9/h2-4H,1H3. The lowest BCUT2D eigenvalue weighted by Crippen LogP contribution is -2.09. The lowest BCUT2D eigenvalue weighted by atomic mass is 10.3. The average Bonchev–Trinajstić information content (AvgIpc) is 2.77. The van der Waals surface area contributed by atoms with E-state index in [1.165, 1.54) is 16.7 Å². The maximum Gasteiger partial charge on any atom is 0.435 e. The molecule has 0 spiro atoms. The summed E-state index contributed by atoms with van der Waals surface area (Å²) in [6.07, 6.45) is -4.59. The Morgan fingerprint density at radius 2 is 1.82 bits per heavy atom. The predicted molar refractivity (Wildman–Crippen MR) is 74.6 cm³/mol. The number of alkyl halides is 3. The van der Waals surface area contributed by atoms with Gasteiger partial charge in [-0.3, -0.25) is 0 Å². The van der Waals surface area contributed by atoms with E-state index in [9.17, 15) is 13.2 Å². The fourth-order valence-electron chi connectivity index (χ4n) is 1.91. The van der Waals surface area contributed by atoms with E-state index in [0.29, 0.717) is 0 Å². The van der Waals surface area contributed by atoms with Crippen molar-refractivity contribution in [1.29, 1.82) is 0 Å². The van der Waals surface area contributed by atoms with Crippen molar-refractivity contribution >= 4 is 34.4 Å². The third kappa shape index (κ3) is 2.48. The summed E-state index contributed by atoms with van der Waals surface area (Å²) in [7, 11) is 1.57. The van der Waals surface area contributed by atoms with E-state index < -0.39 is 11.9 Å². The number of halogens is 5. The number of imidazole rings is 1. The maximum atomic E-state index is 12.7. The van der Waals surface area contributed by atoms with Gasteiger partial charge in [-0.15, -0.1) is 10.2 Å². The van der Waals surface area contributed by atoms with Crippen LogP contribution in [0.25, 0.3) is 22.7 Å². The molecule has 0 aliphatic rings. The molecule has 0 radical (unpaired) electrons. The molecule has 114 valence electrons. The Labute approximate surface area is 131 Å². The molecular weight excluding hydrogens is 342 g/mol. The molecule has 0 saturated carbocycles. The minimum absolute atomic E-state index is 0.0395. The highest BCUT2D eigenvalue weighted by Crippen LogP contribution is 2.31. The number of rotatable bonds is 1. The summed E-state index contributed by atoms with van der Waals surface area (Å²) in [5.41, 5.74) is -0.642. The Hall–Kier alpha value is -1.93. The number of nitrogens with zero attached hydrogens (tertiary/aromatic N) is 5. The van der Waals surface area contributed by atoms with Gasteiger partial charge < -0.3 is 4.57 Å². The van der Waals surface area contributed by atoms with Gasteiger partial charge in [0.05, 0.1) is 5.02 Å². The van der Waals surface area contributed by atoms with Crippen molar-refractivity contribution < 1.29 is 13.2 Å². The van der Waals surface area contributed by atoms with Crippen LogP contribution in [0.2, 0.25) is 10.2 Å². The van der Waals surface area contributed by atoms with Crippen LogP contribution in [0.4, 0.5) is 13.2 Å². The first-order valence-corrected chi connectivity index (χ1v) is 6.62. The van der Waals surface area contributed by atoms with E-state index >= 15 is 0 Å². The van der Waals surface area contributed by atoms with Crippen LogP contribution in [0.5, 0.6) is 0 Å². The molecule has 0 aromatic carbocycles. The largest absolute Gasteiger partial charge is 0.435 e. The maximum absolute atomic E-state index is 12.7. The van der Waals surface area contributed by atoms with Crippen LogP contribution in [0, 0.1) is 0 Å². The minimum atomic E-state index is -4.59. The predicted octanol–water partition coefficient (Wildman–Crippen LogP) is 3.75. The lowest BCUT2D eigenvalue weighted by Gasteiger charge is -2.04. The van der Waals surface area contributed by atoms with Crippen molar-refractivity contribution in [2.45, 2.75) is 6.18 Å². The van der Waals surface area contributed by atoms with Gasteiger partial charge in [0.1, 0.15) is 16.4 Å². The van der Waals surface area contributed by atoms with Gasteiger partial charge in [0.25, 0.3) is 0 Å². The smallest absolute Gasteiger partial charge is 0.309 e. The van der Waals surface area contributed by atoms with E-state index in [2.05, 4.69) is 20.2 Å². The second kappa shape index (κ2) is 5.06. The minimum Gasteiger partial charge on any atom is -0.309 e. The Balaban J connectivity index is 2.24. The fraction of sp³-hybridized carbons (Fsp3) is 0.167. The highest BCUT2D eigenvalue weighted by atomic mass is 35.5. The average molecular weight is 348 g/mol. The molecule has 0 saturated heterocycles. The molecule has 0 fully saturated rings. The van der Waals surface area contributed by atoms with Gasteiger partial charge in [0, 0.05) is 13.1 Å². The number of aromatic nitrogens is 5. The normalized spacial score (nSPS) is 12.1. The highest BCUT2D eigenvalue weighted by Gasteiger charge is 2.34. The Bertz CT molecular complexity index is 875. The van der Waals surface area contributed by atoms with Crippen LogP contribution in [-0.4, -0.2) is 24.7 Å². The zero-order valence-corrected chi connectivity index (χ0v) is 12.4. The first-order chi connectivity index (χ1) is 10.3. The summed E-state index contributed by atoms with van der Waals surface area (Å²) in [6.45, 7) is 0. The highest BCUT2D eigenvalue weighted by molar-refractivity contribution is 6.34. The van der Waals surface area contributed by atoms with Gasteiger partial charge in [-0.2, -0.15) is 13.2 Å². The number of hydrogen-bond donors (Lipinski definition) is 0. The molecule has 10 heteroatoms. The molecule has 5 nitrogen and oxygen atoms in total. The second-order valence-electron chi connectivity index (χ2n) is 4.40. The lowest BCUT2D eigenvalue weighted by molar-refractivity contribution is -0.141. The molecule has 3 aromatic rings. The van der Waals surface area contributed by atoms with Gasteiger partial charge in [0.2, 0.25) is 0 Å². The van der Waals surface area contributed by atoms with E-state index in [0.717, 1.165) is 6.07 Å². The molecule has 0 bridgehead atoms. The Morgan fingerprint density at radius 3 is 2.50 bits per heavy atom. The molecule has 3 rings (SSSR count). The third-order valence-electron chi connectivity index (χ3n) is 2.93. The van der Waals surface area contributed by atoms with Gasteiger partial charge in [0.15, 0.2) is 17.2 Å². The third-order valence-corrected chi connectivity index (χ3v) is 3.45. The quantitative estimate of drug-likeness (QED) is 0.629.